The van der Waals surface area contributed by atoms with E-state index >= 15 is 0 Å². The van der Waals surface area contributed by atoms with E-state index in [-0.39, 0.29) is 10.8 Å². The van der Waals surface area contributed by atoms with Crippen LogP contribution in [0.5, 0.6) is 0 Å². The van der Waals surface area contributed by atoms with E-state index < -0.39 is 10.0 Å². The summed E-state index contributed by atoms with van der Waals surface area (Å²) in [5.41, 5.74) is 4.41. The highest BCUT2D eigenvalue weighted by Gasteiger charge is 2.25. The van der Waals surface area contributed by atoms with Crippen molar-refractivity contribution >= 4 is 27.3 Å². The Labute approximate surface area is 167 Å². The molecule has 3 rings (SSSR count). The fraction of sp³-hybridized carbons (Fsp3) is 0.409. The lowest BCUT2D eigenvalue weighted by Gasteiger charge is -2.30. The summed E-state index contributed by atoms with van der Waals surface area (Å²) in [6.07, 6.45) is 2.02. The number of anilines is 2. The van der Waals surface area contributed by atoms with Gasteiger partial charge in [0.2, 0.25) is 5.91 Å². The molecule has 0 spiro atoms. The van der Waals surface area contributed by atoms with Crippen molar-refractivity contribution in [2.45, 2.75) is 51.9 Å². The number of amides is 1. The van der Waals surface area contributed by atoms with Gasteiger partial charge in [0.05, 0.1) is 4.90 Å². The van der Waals surface area contributed by atoms with Crippen molar-refractivity contribution in [2.75, 3.05) is 16.2 Å². The van der Waals surface area contributed by atoms with E-state index in [1.54, 1.807) is 18.2 Å². The number of hydrogen-bond acceptors (Lipinski definition) is 3. The number of rotatable bonds is 6. The molecule has 150 valence electrons. The van der Waals surface area contributed by atoms with Crippen LogP contribution in [0.3, 0.4) is 0 Å². The first kappa shape index (κ1) is 20.4. The van der Waals surface area contributed by atoms with Crippen LogP contribution in [-0.2, 0) is 21.2 Å². The van der Waals surface area contributed by atoms with Crippen molar-refractivity contribution in [2.24, 2.45) is 5.92 Å². The molecule has 1 aliphatic rings. The fourth-order valence-electron chi connectivity index (χ4n) is 3.35. The summed E-state index contributed by atoms with van der Waals surface area (Å²) in [5, 5.41) is 0. The number of carbonyl (C=O) groups excluding carboxylic acids is 1. The number of nitrogens with one attached hydrogen (secondary N) is 1. The van der Waals surface area contributed by atoms with Crippen LogP contribution in [0.2, 0.25) is 0 Å². The number of sulfonamides is 1. The average molecular weight is 401 g/mol. The van der Waals surface area contributed by atoms with E-state index in [1.165, 1.54) is 0 Å². The minimum Gasteiger partial charge on any atom is -0.312 e. The van der Waals surface area contributed by atoms with Crippen LogP contribution in [0.15, 0.2) is 41.3 Å². The van der Waals surface area contributed by atoms with Crippen molar-refractivity contribution in [3.8, 4) is 0 Å². The van der Waals surface area contributed by atoms with E-state index in [0.717, 1.165) is 28.8 Å². The van der Waals surface area contributed by atoms with Gasteiger partial charge in [-0.2, -0.15) is 0 Å². The zero-order valence-electron chi connectivity index (χ0n) is 17.0. The molecule has 0 aliphatic carbocycles. The lowest BCUT2D eigenvalue weighted by atomic mass is 9.99. The van der Waals surface area contributed by atoms with Gasteiger partial charge in [0, 0.05) is 24.3 Å². The lowest BCUT2D eigenvalue weighted by molar-refractivity contribution is -0.118. The largest absolute Gasteiger partial charge is 0.312 e. The van der Waals surface area contributed by atoms with Crippen LogP contribution in [0, 0.1) is 19.8 Å². The highest BCUT2D eigenvalue weighted by molar-refractivity contribution is 7.92. The number of hydrogen-bond donors (Lipinski definition) is 1. The van der Waals surface area contributed by atoms with E-state index in [9.17, 15) is 13.2 Å². The summed E-state index contributed by atoms with van der Waals surface area (Å²) in [5.74, 6) is 0.652. The zero-order chi connectivity index (χ0) is 20.5. The van der Waals surface area contributed by atoms with Crippen LogP contribution < -0.4 is 9.62 Å². The van der Waals surface area contributed by atoms with E-state index in [0.29, 0.717) is 31.0 Å². The molecule has 6 heteroatoms. The Kier molecular flexibility index (Phi) is 5.79. The highest BCUT2D eigenvalue weighted by Crippen LogP contribution is 2.31. The number of benzene rings is 2. The Hall–Kier alpha value is -2.34. The first-order valence-electron chi connectivity index (χ1n) is 9.71. The van der Waals surface area contributed by atoms with Gasteiger partial charge in [0.15, 0.2) is 0 Å². The molecule has 0 saturated heterocycles. The van der Waals surface area contributed by atoms with Gasteiger partial charge in [-0.15, -0.1) is 0 Å². The second-order valence-electron chi connectivity index (χ2n) is 7.92. The minimum absolute atomic E-state index is 0.136. The predicted molar refractivity (Wildman–Crippen MR) is 113 cm³/mol. The molecule has 5 nitrogen and oxygen atoms in total. The normalized spacial score (nSPS) is 14.3. The predicted octanol–water partition coefficient (Wildman–Crippen LogP) is 4.43. The molecule has 1 aliphatic heterocycles. The molecule has 2 aromatic rings. The monoisotopic (exact) mass is 400 g/mol. The van der Waals surface area contributed by atoms with Gasteiger partial charge in [0.1, 0.15) is 0 Å². The van der Waals surface area contributed by atoms with Crippen molar-refractivity contribution < 1.29 is 13.2 Å². The summed E-state index contributed by atoms with van der Waals surface area (Å²) >= 11 is 0. The third-order valence-electron chi connectivity index (χ3n) is 5.25. The summed E-state index contributed by atoms with van der Waals surface area (Å²) in [7, 11) is -3.66. The van der Waals surface area contributed by atoms with Gasteiger partial charge in [-0.05, 0) is 79.6 Å². The van der Waals surface area contributed by atoms with Crippen LogP contribution in [-0.4, -0.2) is 20.9 Å². The highest BCUT2D eigenvalue weighted by atomic mass is 32.2. The summed E-state index contributed by atoms with van der Waals surface area (Å²) in [4.78, 5) is 14.4. The first-order valence-corrected chi connectivity index (χ1v) is 11.2. The fourth-order valence-corrected chi connectivity index (χ4v) is 4.49. The molecular formula is C22H28N2O3S. The number of nitrogens with zero attached hydrogens (tertiary/aromatic N) is 1. The molecule has 0 saturated carbocycles. The summed E-state index contributed by atoms with van der Waals surface area (Å²) < 4.78 is 28.2. The second-order valence-corrected chi connectivity index (χ2v) is 9.61. The Morgan fingerprint density at radius 3 is 2.46 bits per heavy atom. The van der Waals surface area contributed by atoms with Crippen LogP contribution in [0.4, 0.5) is 11.4 Å². The van der Waals surface area contributed by atoms with Gasteiger partial charge in [-0.1, -0.05) is 19.9 Å². The van der Waals surface area contributed by atoms with Gasteiger partial charge in [-0.3, -0.25) is 9.52 Å². The van der Waals surface area contributed by atoms with Gasteiger partial charge < -0.3 is 4.90 Å². The van der Waals surface area contributed by atoms with Crippen molar-refractivity contribution in [3.05, 3.63) is 53.1 Å². The molecule has 0 unspecified atom stereocenters. The van der Waals surface area contributed by atoms with E-state index in [2.05, 4.69) is 18.6 Å². The standard InChI is InChI=1S/C22H28N2O3S/c1-15(2)11-12-24-21-9-7-19(14-18(21)6-10-22(24)25)23-28(26,27)20-8-5-16(3)17(4)13-20/h5,7-9,13-15,23H,6,10-12H2,1-4H3. The Bertz CT molecular complexity index is 997. The molecule has 0 radical (unpaired) electrons. The van der Waals surface area contributed by atoms with E-state index in [1.807, 2.05) is 36.9 Å². The second kappa shape index (κ2) is 7.95. The number of fused-ring (bicyclic) bond motifs is 1. The Morgan fingerprint density at radius 2 is 1.79 bits per heavy atom. The molecule has 0 aromatic heterocycles. The third kappa shape index (κ3) is 4.38. The molecule has 1 N–H and O–H groups in total. The molecule has 0 bridgehead atoms. The molecule has 28 heavy (non-hydrogen) atoms. The van der Waals surface area contributed by atoms with Crippen molar-refractivity contribution in [1.29, 1.82) is 0 Å². The van der Waals surface area contributed by atoms with Crippen LogP contribution in [0.1, 0.15) is 43.4 Å². The molecular weight excluding hydrogens is 372 g/mol. The molecule has 1 heterocycles. The topological polar surface area (TPSA) is 66.5 Å². The summed E-state index contributed by atoms with van der Waals surface area (Å²) in [6.45, 7) is 8.82. The first-order chi connectivity index (χ1) is 13.2. The Morgan fingerprint density at radius 1 is 1.04 bits per heavy atom. The van der Waals surface area contributed by atoms with Crippen LogP contribution in [0.25, 0.3) is 0 Å². The molecule has 0 atom stereocenters. The van der Waals surface area contributed by atoms with E-state index in [4.69, 9.17) is 0 Å². The zero-order valence-corrected chi connectivity index (χ0v) is 17.8. The molecule has 1 amide bonds. The summed E-state index contributed by atoms with van der Waals surface area (Å²) in [6, 6.07) is 10.6. The third-order valence-corrected chi connectivity index (χ3v) is 6.63. The lowest BCUT2D eigenvalue weighted by Crippen LogP contribution is -2.36. The minimum atomic E-state index is -3.66. The van der Waals surface area contributed by atoms with Crippen LogP contribution >= 0.6 is 0 Å². The SMILES string of the molecule is Cc1ccc(S(=O)(=O)Nc2ccc3c(c2)CCC(=O)N3CCC(C)C)cc1C. The number of carbonyl (C=O) groups is 1. The van der Waals surface area contributed by atoms with Gasteiger partial charge in [-0.25, -0.2) is 8.42 Å². The maximum absolute atomic E-state index is 12.8. The number of aryl methyl sites for hydroxylation is 3. The maximum atomic E-state index is 12.8. The molecule has 2 aromatic carbocycles. The van der Waals surface area contributed by atoms with Crippen molar-refractivity contribution in [1.82, 2.24) is 0 Å². The average Bonchev–Trinajstić information content (AvgIpc) is 2.62. The van der Waals surface area contributed by atoms with Gasteiger partial charge >= 0.3 is 0 Å². The van der Waals surface area contributed by atoms with Gasteiger partial charge in [0.25, 0.3) is 10.0 Å². The quantitative estimate of drug-likeness (QED) is 0.780. The smallest absolute Gasteiger partial charge is 0.261 e. The maximum Gasteiger partial charge on any atom is 0.261 e. The Balaban J connectivity index is 1.85. The molecule has 0 fully saturated rings. The van der Waals surface area contributed by atoms with Crippen molar-refractivity contribution in [3.63, 3.8) is 0 Å².